The molecule has 1 amide bonds. The number of carbonyl (C=O) groups is 2. The first-order chi connectivity index (χ1) is 10.8. The molecule has 23 heavy (non-hydrogen) atoms. The molecule has 1 aliphatic rings. The predicted molar refractivity (Wildman–Crippen MR) is 82.0 cm³/mol. The van der Waals surface area contributed by atoms with Crippen LogP contribution in [0.15, 0.2) is 24.4 Å². The largest absolute Gasteiger partial charge is 0.472 e. The highest BCUT2D eigenvalue weighted by Gasteiger charge is 2.43. The number of likely N-dealkylation sites (tertiary alicyclic amines) is 1. The van der Waals surface area contributed by atoms with Crippen molar-refractivity contribution in [3.05, 3.63) is 24.4 Å². The number of hydrogen-bond acceptors (Lipinski definition) is 6. The van der Waals surface area contributed by atoms with Crippen LogP contribution >= 0.6 is 0 Å². The maximum Gasteiger partial charge on any atom is 0.411 e. The average molecular weight is 322 g/mol. The molecular formula is C16H22N2O5. The summed E-state index contributed by atoms with van der Waals surface area (Å²) in [5, 5.41) is 0. The lowest BCUT2D eigenvalue weighted by Gasteiger charge is -2.27. The van der Waals surface area contributed by atoms with E-state index in [9.17, 15) is 9.59 Å². The standard InChI is InChI=1S/C16H22N2O5/c1-16(2,3)23-15(20)18-10-11(9-12(18)14(19)21-4)22-13-7-5-6-8-17-13/h5-8,11-12H,9-10H2,1-4H3/t11-,12+/m0/s1. The lowest BCUT2D eigenvalue weighted by atomic mass is 10.2. The molecule has 0 bridgehead atoms. The Kier molecular flexibility index (Phi) is 5.08. The van der Waals surface area contributed by atoms with Gasteiger partial charge in [-0.3, -0.25) is 4.90 Å². The maximum absolute atomic E-state index is 12.3. The Hall–Kier alpha value is -2.31. The Morgan fingerprint density at radius 2 is 2.04 bits per heavy atom. The van der Waals surface area contributed by atoms with Crippen LogP contribution in [0.3, 0.4) is 0 Å². The van der Waals surface area contributed by atoms with Crippen molar-refractivity contribution in [2.24, 2.45) is 0 Å². The Balaban J connectivity index is 2.09. The van der Waals surface area contributed by atoms with E-state index in [0.717, 1.165) is 0 Å². The van der Waals surface area contributed by atoms with E-state index in [2.05, 4.69) is 4.98 Å². The minimum absolute atomic E-state index is 0.241. The van der Waals surface area contributed by atoms with Gasteiger partial charge in [-0.25, -0.2) is 14.6 Å². The summed E-state index contributed by atoms with van der Waals surface area (Å²) in [7, 11) is 1.29. The third kappa shape index (κ3) is 4.58. The highest BCUT2D eigenvalue weighted by atomic mass is 16.6. The van der Waals surface area contributed by atoms with Crippen LogP contribution in [-0.2, 0) is 14.3 Å². The van der Waals surface area contributed by atoms with Crippen molar-refractivity contribution in [1.29, 1.82) is 0 Å². The molecule has 1 aromatic rings. The molecule has 2 rings (SSSR count). The molecule has 126 valence electrons. The van der Waals surface area contributed by atoms with E-state index in [0.29, 0.717) is 12.3 Å². The molecule has 0 spiro atoms. The molecule has 1 fully saturated rings. The first-order valence-electron chi connectivity index (χ1n) is 7.45. The van der Waals surface area contributed by atoms with Crippen LogP contribution in [0, 0.1) is 0 Å². The molecule has 0 saturated carbocycles. The molecule has 2 heterocycles. The van der Waals surface area contributed by atoms with Crippen molar-refractivity contribution in [3.8, 4) is 5.88 Å². The number of hydrogen-bond donors (Lipinski definition) is 0. The van der Waals surface area contributed by atoms with E-state index < -0.39 is 23.7 Å². The Morgan fingerprint density at radius 3 is 2.61 bits per heavy atom. The molecule has 1 saturated heterocycles. The number of methoxy groups -OCH3 is 1. The number of amides is 1. The van der Waals surface area contributed by atoms with Crippen molar-refractivity contribution in [2.75, 3.05) is 13.7 Å². The van der Waals surface area contributed by atoms with Crippen LogP contribution < -0.4 is 4.74 Å². The summed E-state index contributed by atoms with van der Waals surface area (Å²) in [4.78, 5) is 29.7. The maximum atomic E-state index is 12.3. The fourth-order valence-electron chi connectivity index (χ4n) is 2.35. The molecule has 2 atom stereocenters. The zero-order valence-corrected chi connectivity index (χ0v) is 13.8. The Labute approximate surface area is 135 Å². The number of pyridine rings is 1. The van der Waals surface area contributed by atoms with Gasteiger partial charge in [0, 0.05) is 18.7 Å². The van der Waals surface area contributed by atoms with E-state index in [-0.39, 0.29) is 12.6 Å². The van der Waals surface area contributed by atoms with Gasteiger partial charge in [-0.1, -0.05) is 6.07 Å². The van der Waals surface area contributed by atoms with Crippen molar-refractivity contribution in [2.45, 2.75) is 44.9 Å². The smallest absolute Gasteiger partial charge is 0.411 e. The van der Waals surface area contributed by atoms with Crippen LogP contribution in [0.25, 0.3) is 0 Å². The van der Waals surface area contributed by atoms with Gasteiger partial charge in [0.15, 0.2) is 0 Å². The highest BCUT2D eigenvalue weighted by Crippen LogP contribution is 2.25. The summed E-state index contributed by atoms with van der Waals surface area (Å²) in [6.07, 6.45) is 1.05. The monoisotopic (exact) mass is 322 g/mol. The Morgan fingerprint density at radius 1 is 1.30 bits per heavy atom. The quantitative estimate of drug-likeness (QED) is 0.792. The number of rotatable bonds is 3. The lowest BCUT2D eigenvalue weighted by Crippen LogP contribution is -2.44. The van der Waals surface area contributed by atoms with Gasteiger partial charge >= 0.3 is 12.1 Å². The van der Waals surface area contributed by atoms with Gasteiger partial charge in [-0.05, 0) is 26.8 Å². The molecule has 1 aliphatic heterocycles. The number of carbonyl (C=O) groups excluding carboxylic acids is 2. The van der Waals surface area contributed by atoms with E-state index in [4.69, 9.17) is 14.2 Å². The predicted octanol–water partition coefficient (Wildman–Crippen LogP) is 2.01. The summed E-state index contributed by atoms with van der Waals surface area (Å²) in [6, 6.07) is 4.60. The van der Waals surface area contributed by atoms with E-state index in [1.165, 1.54) is 12.0 Å². The second-order valence-electron chi connectivity index (χ2n) is 6.32. The topological polar surface area (TPSA) is 78.0 Å². The van der Waals surface area contributed by atoms with E-state index in [1.807, 2.05) is 0 Å². The molecule has 7 heteroatoms. The number of ether oxygens (including phenoxy) is 3. The molecular weight excluding hydrogens is 300 g/mol. The summed E-state index contributed by atoms with van der Waals surface area (Å²) in [5.74, 6) is -0.0323. The number of esters is 1. The molecule has 0 aromatic carbocycles. The van der Waals surface area contributed by atoms with Gasteiger partial charge in [0.1, 0.15) is 17.7 Å². The molecule has 1 aromatic heterocycles. The van der Waals surface area contributed by atoms with Gasteiger partial charge < -0.3 is 14.2 Å². The van der Waals surface area contributed by atoms with Crippen molar-refractivity contribution < 1.29 is 23.8 Å². The lowest BCUT2D eigenvalue weighted by molar-refractivity contribution is -0.145. The van der Waals surface area contributed by atoms with E-state index >= 15 is 0 Å². The molecule has 0 radical (unpaired) electrons. The SMILES string of the molecule is COC(=O)[C@H]1C[C@H](Oc2ccccn2)CN1C(=O)OC(C)(C)C. The second kappa shape index (κ2) is 6.85. The van der Waals surface area contributed by atoms with Gasteiger partial charge in [0.05, 0.1) is 13.7 Å². The highest BCUT2D eigenvalue weighted by molar-refractivity contribution is 5.82. The minimum Gasteiger partial charge on any atom is -0.472 e. The van der Waals surface area contributed by atoms with Gasteiger partial charge in [-0.2, -0.15) is 0 Å². The zero-order chi connectivity index (χ0) is 17.0. The molecule has 7 nitrogen and oxygen atoms in total. The van der Waals surface area contributed by atoms with Gasteiger partial charge in [0.25, 0.3) is 0 Å². The number of aromatic nitrogens is 1. The van der Waals surface area contributed by atoms with Gasteiger partial charge in [-0.15, -0.1) is 0 Å². The van der Waals surface area contributed by atoms with E-state index in [1.54, 1.807) is 45.2 Å². The number of nitrogens with zero attached hydrogens (tertiary/aromatic N) is 2. The van der Waals surface area contributed by atoms with Crippen LogP contribution in [-0.4, -0.2) is 53.3 Å². The van der Waals surface area contributed by atoms with Crippen molar-refractivity contribution in [1.82, 2.24) is 9.88 Å². The van der Waals surface area contributed by atoms with Crippen LogP contribution in [0.4, 0.5) is 4.79 Å². The van der Waals surface area contributed by atoms with Crippen LogP contribution in [0.2, 0.25) is 0 Å². The second-order valence-corrected chi connectivity index (χ2v) is 6.32. The molecule has 0 N–H and O–H groups in total. The summed E-state index contributed by atoms with van der Waals surface area (Å²) >= 11 is 0. The minimum atomic E-state index is -0.719. The molecule has 0 aliphatic carbocycles. The summed E-state index contributed by atoms with van der Waals surface area (Å²) in [5.41, 5.74) is -0.641. The average Bonchev–Trinajstić information content (AvgIpc) is 2.90. The molecule has 0 unspecified atom stereocenters. The normalized spacial score (nSPS) is 21.0. The van der Waals surface area contributed by atoms with Crippen molar-refractivity contribution >= 4 is 12.1 Å². The van der Waals surface area contributed by atoms with Gasteiger partial charge in [0.2, 0.25) is 5.88 Å². The fourth-order valence-corrected chi connectivity index (χ4v) is 2.35. The van der Waals surface area contributed by atoms with Crippen LogP contribution in [0.1, 0.15) is 27.2 Å². The van der Waals surface area contributed by atoms with Crippen molar-refractivity contribution in [3.63, 3.8) is 0 Å². The fraction of sp³-hybridized carbons (Fsp3) is 0.562. The zero-order valence-electron chi connectivity index (χ0n) is 13.8. The first kappa shape index (κ1) is 17.1. The van der Waals surface area contributed by atoms with Crippen LogP contribution in [0.5, 0.6) is 5.88 Å². The summed E-state index contributed by atoms with van der Waals surface area (Å²) in [6.45, 7) is 5.56. The third-order valence-electron chi connectivity index (χ3n) is 3.29. The first-order valence-corrected chi connectivity index (χ1v) is 7.45. The summed E-state index contributed by atoms with van der Waals surface area (Å²) < 4.78 is 15.9. The Bertz CT molecular complexity index is 555. The third-order valence-corrected chi connectivity index (χ3v) is 3.29.